The third kappa shape index (κ3) is 2.92. The Morgan fingerprint density at radius 1 is 1.23 bits per heavy atom. The van der Waals surface area contributed by atoms with Gasteiger partial charge < -0.3 is 14.6 Å². The highest BCUT2D eigenvalue weighted by molar-refractivity contribution is 5.91. The molecule has 4 nitrogen and oxygen atoms in total. The van der Waals surface area contributed by atoms with Crippen molar-refractivity contribution in [3.05, 3.63) is 60.1 Å². The third-order valence-corrected chi connectivity index (χ3v) is 4.32. The summed E-state index contributed by atoms with van der Waals surface area (Å²) in [5.41, 5.74) is 1.21. The molecule has 1 aliphatic heterocycles. The Morgan fingerprint density at radius 3 is 2.64 bits per heavy atom. The van der Waals surface area contributed by atoms with E-state index >= 15 is 0 Å². The van der Waals surface area contributed by atoms with Gasteiger partial charge >= 0.3 is 0 Å². The molecule has 2 unspecified atom stereocenters. The standard InChI is InChI=1S/C18H22N2O2/c1-13(2)16-11-19-15(14-7-4-3-5-8-14)12-20(16)18(21)17-9-6-10-22-17/h3-10,13,15-16,19H,11-12H2,1-2H3. The Bertz CT molecular complexity index is 607. The van der Waals surface area contributed by atoms with Crippen LogP contribution in [0.5, 0.6) is 0 Å². The van der Waals surface area contributed by atoms with Crippen LogP contribution in [0.3, 0.4) is 0 Å². The predicted molar refractivity (Wildman–Crippen MR) is 85.6 cm³/mol. The highest BCUT2D eigenvalue weighted by Crippen LogP contribution is 2.25. The molecule has 3 rings (SSSR count). The number of benzene rings is 1. The zero-order valence-corrected chi connectivity index (χ0v) is 13.0. The molecule has 2 atom stereocenters. The number of piperazine rings is 1. The molecule has 0 radical (unpaired) electrons. The van der Waals surface area contributed by atoms with E-state index in [0.29, 0.717) is 18.2 Å². The van der Waals surface area contributed by atoms with Crippen molar-refractivity contribution in [1.29, 1.82) is 0 Å². The molecule has 1 aliphatic rings. The summed E-state index contributed by atoms with van der Waals surface area (Å²) in [6, 6.07) is 14.1. The summed E-state index contributed by atoms with van der Waals surface area (Å²) in [6.07, 6.45) is 1.55. The van der Waals surface area contributed by atoms with Crippen molar-refractivity contribution in [2.24, 2.45) is 5.92 Å². The molecule has 1 amide bonds. The Balaban J connectivity index is 1.84. The van der Waals surface area contributed by atoms with E-state index in [1.165, 1.54) is 5.56 Å². The minimum Gasteiger partial charge on any atom is -0.459 e. The van der Waals surface area contributed by atoms with Crippen molar-refractivity contribution in [2.75, 3.05) is 13.1 Å². The number of hydrogen-bond acceptors (Lipinski definition) is 3. The second-order valence-electron chi connectivity index (χ2n) is 6.12. The molecule has 1 saturated heterocycles. The largest absolute Gasteiger partial charge is 0.459 e. The van der Waals surface area contributed by atoms with E-state index in [-0.39, 0.29) is 18.0 Å². The van der Waals surface area contributed by atoms with Crippen molar-refractivity contribution in [3.8, 4) is 0 Å². The van der Waals surface area contributed by atoms with Gasteiger partial charge in [0.1, 0.15) is 0 Å². The van der Waals surface area contributed by atoms with Crippen LogP contribution in [0, 0.1) is 5.92 Å². The number of nitrogens with zero attached hydrogens (tertiary/aromatic N) is 1. The number of nitrogens with one attached hydrogen (secondary N) is 1. The monoisotopic (exact) mass is 298 g/mol. The zero-order chi connectivity index (χ0) is 15.5. The lowest BCUT2D eigenvalue weighted by molar-refractivity contribution is 0.0478. The van der Waals surface area contributed by atoms with Gasteiger partial charge in [-0.05, 0) is 23.6 Å². The lowest BCUT2D eigenvalue weighted by atomic mass is 9.95. The summed E-state index contributed by atoms with van der Waals surface area (Å²) in [5.74, 6) is 0.786. The zero-order valence-electron chi connectivity index (χ0n) is 13.0. The summed E-state index contributed by atoms with van der Waals surface area (Å²) in [7, 11) is 0. The van der Waals surface area contributed by atoms with Gasteiger partial charge in [-0.25, -0.2) is 0 Å². The minimum atomic E-state index is -0.0221. The highest BCUT2D eigenvalue weighted by Gasteiger charge is 2.34. The Hall–Kier alpha value is -2.07. The number of amides is 1. The Labute approximate surface area is 131 Å². The summed E-state index contributed by atoms with van der Waals surface area (Å²) < 4.78 is 5.31. The summed E-state index contributed by atoms with van der Waals surface area (Å²) in [6.45, 7) is 5.76. The summed E-state index contributed by atoms with van der Waals surface area (Å²) in [5, 5.41) is 3.57. The van der Waals surface area contributed by atoms with Gasteiger partial charge in [-0.1, -0.05) is 44.2 Å². The van der Waals surface area contributed by atoms with E-state index in [1.54, 1.807) is 18.4 Å². The van der Waals surface area contributed by atoms with E-state index in [0.717, 1.165) is 6.54 Å². The molecule has 4 heteroatoms. The van der Waals surface area contributed by atoms with Gasteiger partial charge in [-0.3, -0.25) is 4.79 Å². The van der Waals surface area contributed by atoms with Crippen molar-refractivity contribution in [1.82, 2.24) is 10.2 Å². The molecule has 116 valence electrons. The number of carbonyl (C=O) groups excluding carboxylic acids is 1. The first-order valence-corrected chi connectivity index (χ1v) is 7.79. The van der Waals surface area contributed by atoms with E-state index in [9.17, 15) is 4.79 Å². The normalized spacial score (nSPS) is 22.0. The number of carbonyl (C=O) groups is 1. The van der Waals surface area contributed by atoms with Crippen LogP contribution in [0.1, 0.15) is 36.0 Å². The lowest BCUT2D eigenvalue weighted by Crippen LogP contribution is -2.56. The first-order valence-electron chi connectivity index (χ1n) is 7.79. The molecule has 2 aromatic rings. The van der Waals surface area contributed by atoms with Crippen LogP contribution in [-0.4, -0.2) is 29.9 Å². The average molecular weight is 298 g/mol. The maximum atomic E-state index is 12.8. The van der Waals surface area contributed by atoms with Gasteiger partial charge in [0.2, 0.25) is 0 Å². The van der Waals surface area contributed by atoms with Crippen molar-refractivity contribution >= 4 is 5.91 Å². The second-order valence-corrected chi connectivity index (χ2v) is 6.12. The van der Waals surface area contributed by atoms with Crippen LogP contribution >= 0.6 is 0 Å². The third-order valence-electron chi connectivity index (χ3n) is 4.32. The molecule has 22 heavy (non-hydrogen) atoms. The molecular formula is C18H22N2O2. The minimum absolute atomic E-state index is 0.0221. The second kappa shape index (κ2) is 6.36. The number of hydrogen-bond donors (Lipinski definition) is 1. The van der Waals surface area contributed by atoms with Gasteiger partial charge in [0.15, 0.2) is 5.76 Å². The predicted octanol–water partition coefficient (Wildman–Crippen LogP) is 3.09. The van der Waals surface area contributed by atoms with Crippen LogP contribution in [0.25, 0.3) is 0 Å². The SMILES string of the molecule is CC(C)C1CNC(c2ccccc2)CN1C(=O)c1ccco1. The molecule has 1 fully saturated rings. The molecule has 0 aliphatic carbocycles. The molecule has 1 aromatic carbocycles. The fourth-order valence-corrected chi connectivity index (χ4v) is 3.05. The quantitative estimate of drug-likeness (QED) is 0.947. The fourth-order valence-electron chi connectivity index (χ4n) is 3.05. The maximum absolute atomic E-state index is 12.8. The first-order chi connectivity index (χ1) is 10.7. The van der Waals surface area contributed by atoms with Gasteiger partial charge in [-0.15, -0.1) is 0 Å². The van der Waals surface area contributed by atoms with Crippen LogP contribution in [0.4, 0.5) is 0 Å². The number of furan rings is 1. The van der Waals surface area contributed by atoms with E-state index in [1.807, 2.05) is 23.1 Å². The Morgan fingerprint density at radius 2 is 2.00 bits per heavy atom. The van der Waals surface area contributed by atoms with Gasteiger partial charge in [0, 0.05) is 25.2 Å². The van der Waals surface area contributed by atoms with Crippen LogP contribution in [-0.2, 0) is 0 Å². The van der Waals surface area contributed by atoms with Crippen molar-refractivity contribution < 1.29 is 9.21 Å². The van der Waals surface area contributed by atoms with Crippen LogP contribution in [0.2, 0.25) is 0 Å². The fraction of sp³-hybridized carbons (Fsp3) is 0.389. The molecular weight excluding hydrogens is 276 g/mol. The molecule has 0 bridgehead atoms. The molecule has 0 saturated carbocycles. The van der Waals surface area contributed by atoms with Gasteiger partial charge in [-0.2, -0.15) is 0 Å². The number of rotatable bonds is 3. The molecule has 1 N–H and O–H groups in total. The van der Waals surface area contributed by atoms with Gasteiger partial charge in [0.05, 0.1) is 6.26 Å². The summed E-state index contributed by atoms with van der Waals surface area (Å²) in [4.78, 5) is 14.7. The van der Waals surface area contributed by atoms with E-state index < -0.39 is 0 Å². The summed E-state index contributed by atoms with van der Waals surface area (Å²) >= 11 is 0. The Kier molecular flexibility index (Phi) is 4.29. The molecule has 0 spiro atoms. The highest BCUT2D eigenvalue weighted by atomic mass is 16.3. The average Bonchev–Trinajstić information content (AvgIpc) is 3.09. The first kappa shape index (κ1) is 14.9. The van der Waals surface area contributed by atoms with Crippen molar-refractivity contribution in [2.45, 2.75) is 25.9 Å². The lowest BCUT2D eigenvalue weighted by Gasteiger charge is -2.42. The molecule has 1 aromatic heterocycles. The van der Waals surface area contributed by atoms with Crippen LogP contribution in [0.15, 0.2) is 53.1 Å². The molecule has 2 heterocycles. The van der Waals surface area contributed by atoms with E-state index in [2.05, 4.69) is 31.3 Å². The van der Waals surface area contributed by atoms with Crippen LogP contribution < -0.4 is 5.32 Å². The van der Waals surface area contributed by atoms with Gasteiger partial charge in [0.25, 0.3) is 5.91 Å². The van der Waals surface area contributed by atoms with Crippen molar-refractivity contribution in [3.63, 3.8) is 0 Å². The topological polar surface area (TPSA) is 45.5 Å². The maximum Gasteiger partial charge on any atom is 0.289 e. The van der Waals surface area contributed by atoms with E-state index in [4.69, 9.17) is 4.42 Å². The smallest absolute Gasteiger partial charge is 0.289 e.